The van der Waals surface area contributed by atoms with Gasteiger partial charge in [-0.25, -0.2) is 4.39 Å². The first-order chi connectivity index (χ1) is 12.5. The highest BCUT2D eigenvalue weighted by molar-refractivity contribution is 6.05. The molecule has 5 rings (SSSR count). The first-order valence-corrected chi connectivity index (χ1v) is 9.21. The Bertz CT molecular complexity index is 826. The van der Waals surface area contributed by atoms with Crippen LogP contribution in [0.15, 0.2) is 12.1 Å². The van der Waals surface area contributed by atoms with Gasteiger partial charge < -0.3 is 10.2 Å². The fraction of sp³-hybridized carbons (Fsp3) is 0.526. The molecule has 1 saturated carbocycles. The van der Waals surface area contributed by atoms with Crippen LogP contribution >= 0.6 is 0 Å². The molecule has 3 atom stereocenters. The summed E-state index contributed by atoms with van der Waals surface area (Å²) in [5.74, 6) is -0.252. The highest BCUT2D eigenvalue weighted by atomic mass is 19.1. The lowest BCUT2D eigenvalue weighted by Crippen LogP contribution is -2.53. The third-order valence-electron chi connectivity index (χ3n) is 6.48. The smallest absolute Gasteiger partial charge is 0.255 e. The molecule has 3 heterocycles. The molecular weight excluding hydrogens is 337 g/mol. The molecule has 6 nitrogen and oxygen atoms in total. The summed E-state index contributed by atoms with van der Waals surface area (Å²) in [5, 5.41) is 5.67. The van der Waals surface area contributed by atoms with Crippen molar-refractivity contribution in [2.45, 2.75) is 37.8 Å². The number of nitrogens with one attached hydrogen (secondary N) is 2. The van der Waals surface area contributed by atoms with Crippen molar-refractivity contribution < 1.29 is 18.8 Å². The third kappa shape index (κ3) is 2.16. The number of rotatable bonds is 2. The SMILES string of the molecule is O=C1CCC(N2Cc3c(ccc(F)c3C3C4CNCC3C4)C2=O)C(=O)N1. The van der Waals surface area contributed by atoms with E-state index in [1.165, 1.54) is 17.0 Å². The number of hydrogen-bond donors (Lipinski definition) is 2. The van der Waals surface area contributed by atoms with Gasteiger partial charge in [0.2, 0.25) is 11.8 Å². The van der Waals surface area contributed by atoms with E-state index < -0.39 is 11.9 Å². The molecule has 7 heteroatoms. The molecule has 0 aromatic heterocycles. The van der Waals surface area contributed by atoms with Crippen LogP contribution in [0.1, 0.15) is 46.7 Å². The quantitative estimate of drug-likeness (QED) is 0.772. The zero-order chi connectivity index (χ0) is 18.0. The summed E-state index contributed by atoms with van der Waals surface area (Å²) in [6.07, 6.45) is 1.64. The highest BCUT2D eigenvalue weighted by Crippen LogP contribution is 2.52. The van der Waals surface area contributed by atoms with Crippen LogP contribution in [-0.2, 0) is 16.1 Å². The van der Waals surface area contributed by atoms with Gasteiger partial charge in [-0.15, -0.1) is 0 Å². The average molecular weight is 357 g/mol. The molecule has 0 spiro atoms. The number of fused-ring (bicyclic) bond motifs is 3. The van der Waals surface area contributed by atoms with Crippen molar-refractivity contribution in [3.8, 4) is 0 Å². The first-order valence-electron chi connectivity index (χ1n) is 9.21. The van der Waals surface area contributed by atoms with Crippen LogP contribution in [0.3, 0.4) is 0 Å². The van der Waals surface area contributed by atoms with E-state index in [2.05, 4.69) is 10.6 Å². The predicted octanol–water partition coefficient (Wildman–Crippen LogP) is 0.910. The molecule has 3 fully saturated rings. The zero-order valence-electron chi connectivity index (χ0n) is 14.3. The lowest BCUT2D eigenvalue weighted by Gasteiger charge is -2.50. The number of benzene rings is 1. The normalized spacial score (nSPS) is 33.0. The van der Waals surface area contributed by atoms with Gasteiger partial charge >= 0.3 is 0 Å². The summed E-state index contributed by atoms with van der Waals surface area (Å²) in [5.41, 5.74) is 1.92. The number of imide groups is 1. The van der Waals surface area contributed by atoms with Gasteiger partial charge in [0.05, 0.1) is 0 Å². The van der Waals surface area contributed by atoms with Gasteiger partial charge in [-0.05, 0) is 66.9 Å². The second-order valence-electron chi connectivity index (χ2n) is 7.83. The molecule has 4 aliphatic rings. The molecular formula is C19H20FN3O3. The molecule has 2 saturated heterocycles. The average Bonchev–Trinajstić information content (AvgIpc) is 2.95. The molecule has 2 bridgehead atoms. The van der Waals surface area contributed by atoms with Gasteiger partial charge in [-0.3, -0.25) is 19.7 Å². The molecule has 3 aliphatic heterocycles. The van der Waals surface area contributed by atoms with E-state index >= 15 is 0 Å². The van der Waals surface area contributed by atoms with Crippen LogP contribution in [0, 0.1) is 17.7 Å². The van der Waals surface area contributed by atoms with Gasteiger partial charge in [0.25, 0.3) is 5.91 Å². The molecule has 1 aliphatic carbocycles. The number of hydrogen-bond acceptors (Lipinski definition) is 4. The van der Waals surface area contributed by atoms with Gasteiger partial charge in [-0.1, -0.05) is 0 Å². The predicted molar refractivity (Wildman–Crippen MR) is 89.7 cm³/mol. The van der Waals surface area contributed by atoms with Crippen molar-refractivity contribution in [1.82, 2.24) is 15.5 Å². The Morgan fingerprint density at radius 2 is 1.88 bits per heavy atom. The second kappa shape index (κ2) is 5.61. The van der Waals surface area contributed by atoms with Crippen molar-refractivity contribution in [2.75, 3.05) is 13.1 Å². The van der Waals surface area contributed by atoms with E-state index in [4.69, 9.17) is 0 Å². The number of nitrogens with zero attached hydrogens (tertiary/aromatic N) is 1. The number of piperidine rings is 3. The Morgan fingerprint density at radius 3 is 2.58 bits per heavy atom. The Labute approximate surface area is 150 Å². The number of halogens is 1. The van der Waals surface area contributed by atoms with Crippen LogP contribution in [-0.4, -0.2) is 41.8 Å². The Balaban J connectivity index is 1.50. The Kier molecular flexibility index (Phi) is 3.44. The van der Waals surface area contributed by atoms with E-state index in [-0.39, 0.29) is 36.5 Å². The summed E-state index contributed by atoms with van der Waals surface area (Å²) in [7, 11) is 0. The van der Waals surface area contributed by atoms with Gasteiger partial charge in [0, 0.05) is 18.5 Å². The van der Waals surface area contributed by atoms with Crippen molar-refractivity contribution in [2.24, 2.45) is 11.8 Å². The van der Waals surface area contributed by atoms with Gasteiger partial charge in [0.15, 0.2) is 0 Å². The standard InChI is InChI=1S/C19H20FN3O3/c20-13-2-1-11-12(17(13)16-9-5-10(16)7-21-6-9)8-23(19(11)26)14-3-4-15(24)22-18(14)25/h1-2,9-10,14,16,21H,3-8H2,(H,22,24,25). The molecule has 26 heavy (non-hydrogen) atoms. The maximum atomic E-state index is 14.8. The first kappa shape index (κ1) is 15.9. The maximum absolute atomic E-state index is 14.8. The topological polar surface area (TPSA) is 78.5 Å². The summed E-state index contributed by atoms with van der Waals surface area (Å²) < 4.78 is 14.8. The van der Waals surface area contributed by atoms with Crippen LogP contribution in [0.25, 0.3) is 0 Å². The second-order valence-corrected chi connectivity index (χ2v) is 7.83. The molecule has 3 amide bonds. The number of carbonyl (C=O) groups excluding carboxylic acids is 3. The van der Waals surface area contributed by atoms with E-state index in [9.17, 15) is 18.8 Å². The zero-order valence-corrected chi connectivity index (χ0v) is 14.3. The minimum Gasteiger partial charge on any atom is -0.322 e. The lowest BCUT2D eigenvalue weighted by atomic mass is 9.59. The molecule has 1 aromatic carbocycles. The molecule has 0 radical (unpaired) electrons. The fourth-order valence-corrected chi connectivity index (χ4v) is 5.21. The number of carbonyl (C=O) groups is 3. The third-order valence-corrected chi connectivity index (χ3v) is 6.48. The molecule has 2 N–H and O–H groups in total. The Hall–Kier alpha value is -2.28. The van der Waals surface area contributed by atoms with Crippen molar-refractivity contribution in [3.05, 3.63) is 34.6 Å². The van der Waals surface area contributed by atoms with Crippen LogP contribution in [0.4, 0.5) is 4.39 Å². The van der Waals surface area contributed by atoms with E-state index in [0.29, 0.717) is 29.4 Å². The van der Waals surface area contributed by atoms with Gasteiger partial charge in [0.1, 0.15) is 11.9 Å². The number of amides is 3. The largest absolute Gasteiger partial charge is 0.322 e. The summed E-state index contributed by atoms with van der Waals surface area (Å²) in [6.45, 7) is 2.01. The van der Waals surface area contributed by atoms with E-state index in [0.717, 1.165) is 25.1 Å². The Morgan fingerprint density at radius 1 is 1.12 bits per heavy atom. The fourth-order valence-electron chi connectivity index (χ4n) is 5.21. The van der Waals surface area contributed by atoms with Crippen LogP contribution < -0.4 is 10.6 Å². The van der Waals surface area contributed by atoms with Crippen molar-refractivity contribution >= 4 is 17.7 Å². The molecule has 136 valence electrons. The summed E-state index contributed by atoms with van der Waals surface area (Å²) in [6, 6.07) is 2.27. The van der Waals surface area contributed by atoms with Crippen molar-refractivity contribution in [1.29, 1.82) is 0 Å². The van der Waals surface area contributed by atoms with Crippen LogP contribution in [0.2, 0.25) is 0 Å². The summed E-state index contributed by atoms with van der Waals surface area (Å²) >= 11 is 0. The highest BCUT2D eigenvalue weighted by Gasteiger charge is 2.48. The lowest BCUT2D eigenvalue weighted by molar-refractivity contribution is -0.136. The monoisotopic (exact) mass is 357 g/mol. The molecule has 1 aromatic rings. The van der Waals surface area contributed by atoms with Crippen molar-refractivity contribution in [3.63, 3.8) is 0 Å². The maximum Gasteiger partial charge on any atom is 0.255 e. The summed E-state index contributed by atoms with van der Waals surface area (Å²) in [4.78, 5) is 38.0. The van der Waals surface area contributed by atoms with E-state index in [1.807, 2.05) is 0 Å². The minimum atomic E-state index is -0.661. The molecule has 3 unspecified atom stereocenters. The minimum absolute atomic E-state index is 0.153. The van der Waals surface area contributed by atoms with E-state index in [1.54, 1.807) is 0 Å². The van der Waals surface area contributed by atoms with Crippen LogP contribution in [0.5, 0.6) is 0 Å². The van der Waals surface area contributed by atoms with Gasteiger partial charge in [-0.2, -0.15) is 0 Å².